The highest BCUT2D eigenvalue weighted by Crippen LogP contribution is 2.39. The van der Waals surface area contributed by atoms with Crippen LogP contribution in [0.3, 0.4) is 0 Å². The summed E-state index contributed by atoms with van der Waals surface area (Å²) in [6.45, 7) is 0. The van der Waals surface area contributed by atoms with Crippen molar-refractivity contribution in [2.75, 3.05) is 7.05 Å². The first-order valence-corrected chi connectivity index (χ1v) is 6.49. The fourth-order valence-electron chi connectivity index (χ4n) is 2.46. The Morgan fingerprint density at radius 2 is 2.21 bits per heavy atom. The van der Waals surface area contributed by atoms with Gasteiger partial charge in [0.2, 0.25) is 0 Å². The fourth-order valence-corrected chi connectivity index (χ4v) is 3.46. The lowest BCUT2D eigenvalue weighted by molar-refractivity contribution is 0.391. The largest absolute Gasteiger partial charge is 0.313 e. The van der Waals surface area contributed by atoms with Gasteiger partial charge in [-0.2, -0.15) is 0 Å². The normalized spacial score (nSPS) is 20.1. The standard InChI is InChI=1S/C11H16ClNS/c1-13-10(8-4-2-3-5-8)9-6-7-14-11(9)12/h6-8,10,13H,2-5H2,1H3. The minimum atomic E-state index is 0.469. The molecule has 0 aliphatic heterocycles. The molecule has 1 aromatic heterocycles. The van der Waals surface area contributed by atoms with E-state index < -0.39 is 0 Å². The van der Waals surface area contributed by atoms with E-state index in [1.807, 2.05) is 7.05 Å². The van der Waals surface area contributed by atoms with Crippen LogP contribution in [0.25, 0.3) is 0 Å². The van der Waals surface area contributed by atoms with Crippen LogP contribution in [0, 0.1) is 5.92 Å². The van der Waals surface area contributed by atoms with E-state index in [1.54, 1.807) is 11.3 Å². The van der Waals surface area contributed by atoms with Crippen LogP contribution in [0.5, 0.6) is 0 Å². The third-order valence-electron chi connectivity index (χ3n) is 3.16. The SMILES string of the molecule is CNC(c1ccsc1Cl)C1CCCC1. The molecule has 1 aliphatic carbocycles. The molecule has 78 valence electrons. The van der Waals surface area contributed by atoms with Gasteiger partial charge in [-0.3, -0.25) is 0 Å². The van der Waals surface area contributed by atoms with Crippen LogP contribution in [0.4, 0.5) is 0 Å². The van der Waals surface area contributed by atoms with Gasteiger partial charge < -0.3 is 5.32 Å². The Labute approximate surface area is 94.5 Å². The Hall–Kier alpha value is -0.0500. The van der Waals surface area contributed by atoms with E-state index in [1.165, 1.54) is 31.2 Å². The van der Waals surface area contributed by atoms with Gasteiger partial charge in [0.05, 0.1) is 4.34 Å². The lowest BCUT2D eigenvalue weighted by atomic mass is 9.93. The highest BCUT2D eigenvalue weighted by atomic mass is 35.5. The Morgan fingerprint density at radius 3 is 2.71 bits per heavy atom. The second-order valence-electron chi connectivity index (χ2n) is 3.96. The van der Waals surface area contributed by atoms with E-state index in [0.29, 0.717) is 6.04 Å². The average Bonchev–Trinajstić information content (AvgIpc) is 2.80. The van der Waals surface area contributed by atoms with Crippen molar-refractivity contribution < 1.29 is 0 Å². The lowest BCUT2D eigenvalue weighted by Crippen LogP contribution is -2.23. The molecule has 14 heavy (non-hydrogen) atoms. The minimum Gasteiger partial charge on any atom is -0.313 e. The van der Waals surface area contributed by atoms with Crippen LogP contribution in [-0.4, -0.2) is 7.05 Å². The number of nitrogens with one attached hydrogen (secondary N) is 1. The van der Waals surface area contributed by atoms with E-state index in [0.717, 1.165) is 10.3 Å². The second-order valence-corrected chi connectivity index (χ2v) is 5.48. The summed E-state index contributed by atoms with van der Waals surface area (Å²) < 4.78 is 0.955. The van der Waals surface area contributed by atoms with E-state index >= 15 is 0 Å². The Bertz CT molecular complexity index is 291. The molecule has 1 fully saturated rings. The summed E-state index contributed by atoms with van der Waals surface area (Å²) in [6.07, 6.45) is 5.45. The predicted molar refractivity (Wildman–Crippen MR) is 63.1 cm³/mol. The first-order chi connectivity index (χ1) is 6.83. The molecule has 3 heteroatoms. The van der Waals surface area contributed by atoms with Gasteiger partial charge in [0, 0.05) is 6.04 Å². The molecule has 1 heterocycles. The van der Waals surface area contributed by atoms with Crippen LogP contribution >= 0.6 is 22.9 Å². The summed E-state index contributed by atoms with van der Waals surface area (Å²) in [7, 11) is 2.04. The highest BCUT2D eigenvalue weighted by Gasteiger charge is 2.26. The summed E-state index contributed by atoms with van der Waals surface area (Å²) in [6, 6.07) is 2.63. The molecule has 1 unspecified atom stereocenters. The first kappa shape index (κ1) is 10.5. The predicted octanol–water partition coefficient (Wildman–Crippen LogP) is 3.85. The molecule has 1 saturated carbocycles. The summed E-state index contributed by atoms with van der Waals surface area (Å²) in [5.74, 6) is 0.784. The minimum absolute atomic E-state index is 0.469. The molecule has 0 radical (unpaired) electrons. The number of rotatable bonds is 3. The number of halogens is 1. The molecule has 1 aromatic rings. The van der Waals surface area contributed by atoms with E-state index in [-0.39, 0.29) is 0 Å². The van der Waals surface area contributed by atoms with Crippen LogP contribution in [0.1, 0.15) is 37.3 Å². The molecule has 0 amide bonds. The summed E-state index contributed by atoms with van der Waals surface area (Å²) in [5.41, 5.74) is 1.30. The maximum atomic E-state index is 6.17. The van der Waals surface area contributed by atoms with Gasteiger partial charge in [0.1, 0.15) is 0 Å². The molecule has 0 spiro atoms. The van der Waals surface area contributed by atoms with Crippen molar-refractivity contribution in [1.82, 2.24) is 5.32 Å². The Balaban J connectivity index is 2.16. The van der Waals surface area contributed by atoms with Crippen molar-refractivity contribution in [3.63, 3.8) is 0 Å². The maximum Gasteiger partial charge on any atom is 0.0976 e. The van der Waals surface area contributed by atoms with Gasteiger partial charge in [0.15, 0.2) is 0 Å². The molecule has 1 N–H and O–H groups in total. The van der Waals surface area contributed by atoms with Crippen molar-refractivity contribution in [3.8, 4) is 0 Å². The van der Waals surface area contributed by atoms with Gasteiger partial charge in [-0.05, 0) is 42.8 Å². The molecule has 0 aromatic carbocycles. The topological polar surface area (TPSA) is 12.0 Å². The molecule has 2 rings (SSSR count). The van der Waals surface area contributed by atoms with Gasteiger partial charge in [-0.1, -0.05) is 24.4 Å². The van der Waals surface area contributed by atoms with Gasteiger partial charge in [0.25, 0.3) is 0 Å². The zero-order valence-corrected chi connectivity index (χ0v) is 10.00. The third-order valence-corrected chi connectivity index (χ3v) is 4.36. The van der Waals surface area contributed by atoms with Crippen LogP contribution < -0.4 is 5.32 Å². The van der Waals surface area contributed by atoms with Crippen molar-refractivity contribution in [3.05, 3.63) is 21.3 Å². The van der Waals surface area contributed by atoms with Crippen LogP contribution in [-0.2, 0) is 0 Å². The third kappa shape index (κ3) is 1.97. The maximum absolute atomic E-state index is 6.17. The molecule has 1 atom stereocenters. The van der Waals surface area contributed by atoms with Crippen molar-refractivity contribution in [2.45, 2.75) is 31.7 Å². The Kier molecular flexibility index (Phi) is 3.47. The number of thiophene rings is 1. The molecular weight excluding hydrogens is 214 g/mol. The summed E-state index contributed by atoms with van der Waals surface area (Å²) >= 11 is 7.80. The molecule has 1 nitrogen and oxygen atoms in total. The molecule has 1 aliphatic rings. The first-order valence-electron chi connectivity index (χ1n) is 5.23. The van der Waals surface area contributed by atoms with E-state index in [9.17, 15) is 0 Å². The summed E-state index contributed by atoms with van der Waals surface area (Å²) in [5, 5.41) is 5.49. The number of hydrogen-bond donors (Lipinski definition) is 1. The monoisotopic (exact) mass is 229 g/mol. The quantitative estimate of drug-likeness (QED) is 0.830. The second kappa shape index (κ2) is 4.65. The van der Waals surface area contributed by atoms with Gasteiger partial charge in [-0.15, -0.1) is 11.3 Å². The van der Waals surface area contributed by atoms with Crippen LogP contribution in [0.15, 0.2) is 11.4 Å². The Morgan fingerprint density at radius 1 is 1.50 bits per heavy atom. The average molecular weight is 230 g/mol. The lowest BCUT2D eigenvalue weighted by Gasteiger charge is -2.22. The highest BCUT2D eigenvalue weighted by molar-refractivity contribution is 7.14. The van der Waals surface area contributed by atoms with Crippen LogP contribution in [0.2, 0.25) is 4.34 Å². The van der Waals surface area contributed by atoms with Crippen molar-refractivity contribution >= 4 is 22.9 Å². The van der Waals surface area contributed by atoms with Gasteiger partial charge in [-0.25, -0.2) is 0 Å². The fraction of sp³-hybridized carbons (Fsp3) is 0.636. The van der Waals surface area contributed by atoms with Gasteiger partial charge >= 0.3 is 0 Å². The smallest absolute Gasteiger partial charge is 0.0976 e. The van der Waals surface area contributed by atoms with Crippen molar-refractivity contribution in [2.24, 2.45) is 5.92 Å². The zero-order chi connectivity index (χ0) is 9.97. The summed E-state index contributed by atoms with van der Waals surface area (Å²) in [4.78, 5) is 0. The molecule has 0 saturated heterocycles. The van der Waals surface area contributed by atoms with E-state index in [4.69, 9.17) is 11.6 Å². The molecule has 0 bridgehead atoms. The number of hydrogen-bond acceptors (Lipinski definition) is 2. The molecular formula is C11H16ClNS. The van der Waals surface area contributed by atoms with Crippen molar-refractivity contribution in [1.29, 1.82) is 0 Å². The zero-order valence-electron chi connectivity index (χ0n) is 8.42. The van der Waals surface area contributed by atoms with E-state index in [2.05, 4.69) is 16.8 Å².